The van der Waals surface area contributed by atoms with Crippen molar-refractivity contribution < 1.29 is 4.79 Å². The largest absolute Gasteiger partial charge is 0.353 e. The van der Waals surface area contributed by atoms with Gasteiger partial charge in [-0.25, -0.2) is 19.7 Å². The molecule has 4 rings (SSSR count). The molecule has 0 unspecified atom stereocenters. The van der Waals surface area contributed by atoms with Gasteiger partial charge in [-0.05, 0) is 43.2 Å². The van der Waals surface area contributed by atoms with Crippen LogP contribution in [0.25, 0.3) is 0 Å². The molecule has 0 bridgehead atoms. The Balaban J connectivity index is 1.36. The predicted octanol–water partition coefficient (Wildman–Crippen LogP) is 3.84. The Morgan fingerprint density at radius 1 is 1.00 bits per heavy atom. The molecule has 3 aromatic rings. The normalized spacial score (nSPS) is 13.7. The van der Waals surface area contributed by atoms with Crippen LogP contribution in [0.2, 0.25) is 0 Å². The van der Waals surface area contributed by atoms with E-state index < -0.39 is 0 Å². The molecule has 1 aliphatic rings. The number of amides is 2. The van der Waals surface area contributed by atoms with Crippen LogP contribution < -0.4 is 15.5 Å². The maximum absolute atomic E-state index is 12.6. The van der Waals surface area contributed by atoms with Gasteiger partial charge in [0.1, 0.15) is 23.3 Å². The summed E-state index contributed by atoms with van der Waals surface area (Å²) in [7, 11) is 0. The molecule has 1 aliphatic heterocycles. The van der Waals surface area contributed by atoms with Gasteiger partial charge in [-0.2, -0.15) is 0 Å². The summed E-state index contributed by atoms with van der Waals surface area (Å²) in [6, 6.07) is 15.5. The minimum atomic E-state index is -0.0692. The molecule has 1 fully saturated rings. The average Bonchev–Trinajstić information content (AvgIpc) is 2.80. The quantitative estimate of drug-likeness (QED) is 0.656. The second-order valence-electron chi connectivity index (χ2n) is 7.45. The first-order valence-electron chi connectivity index (χ1n) is 10.5. The van der Waals surface area contributed by atoms with Crippen molar-refractivity contribution in [3.63, 3.8) is 0 Å². The fraction of sp³-hybridized carbons (Fsp3) is 0.304. The molecule has 1 aromatic carbocycles. The number of hydrogen-bond acceptors (Lipinski definition) is 6. The third-order valence-corrected chi connectivity index (χ3v) is 5.25. The van der Waals surface area contributed by atoms with E-state index in [9.17, 15) is 4.79 Å². The highest BCUT2D eigenvalue weighted by atomic mass is 16.2. The van der Waals surface area contributed by atoms with Gasteiger partial charge in [-0.1, -0.05) is 25.1 Å². The summed E-state index contributed by atoms with van der Waals surface area (Å²) in [5.74, 6) is 2.98. The van der Waals surface area contributed by atoms with Gasteiger partial charge in [-0.15, -0.1) is 0 Å². The van der Waals surface area contributed by atoms with Gasteiger partial charge >= 0.3 is 6.03 Å². The van der Waals surface area contributed by atoms with Gasteiger partial charge < -0.3 is 20.4 Å². The Morgan fingerprint density at radius 3 is 2.45 bits per heavy atom. The van der Waals surface area contributed by atoms with Gasteiger partial charge in [0.05, 0.1) is 0 Å². The van der Waals surface area contributed by atoms with Crippen molar-refractivity contribution in [3.8, 4) is 0 Å². The number of pyridine rings is 1. The summed E-state index contributed by atoms with van der Waals surface area (Å²) < 4.78 is 0. The van der Waals surface area contributed by atoms with Crippen LogP contribution in [-0.2, 0) is 6.42 Å². The van der Waals surface area contributed by atoms with Gasteiger partial charge in [-0.3, -0.25) is 0 Å². The lowest BCUT2D eigenvalue weighted by molar-refractivity contribution is 0.208. The molecule has 31 heavy (non-hydrogen) atoms. The molecule has 0 aliphatic carbocycles. The van der Waals surface area contributed by atoms with Gasteiger partial charge in [0.25, 0.3) is 0 Å². The number of anilines is 4. The number of nitrogens with one attached hydrogen (secondary N) is 2. The zero-order valence-electron chi connectivity index (χ0n) is 17.9. The van der Waals surface area contributed by atoms with Crippen LogP contribution in [0.1, 0.15) is 18.3 Å². The van der Waals surface area contributed by atoms with E-state index in [0.717, 1.165) is 23.7 Å². The Kier molecular flexibility index (Phi) is 6.26. The van der Waals surface area contributed by atoms with Crippen molar-refractivity contribution in [2.45, 2.75) is 20.3 Å². The van der Waals surface area contributed by atoms with Crippen LogP contribution in [-0.4, -0.2) is 52.1 Å². The summed E-state index contributed by atoms with van der Waals surface area (Å²) in [6.07, 6.45) is 2.72. The average molecular weight is 418 g/mol. The Labute approximate surface area is 182 Å². The fourth-order valence-corrected chi connectivity index (χ4v) is 3.51. The van der Waals surface area contributed by atoms with Gasteiger partial charge in [0.2, 0.25) is 0 Å². The number of aryl methyl sites for hydroxylation is 2. The van der Waals surface area contributed by atoms with Crippen LogP contribution in [0.15, 0.2) is 54.7 Å². The summed E-state index contributed by atoms with van der Waals surface area (Å²) in [5.41, 5.74) is 2.07. The summed E-state index contributed by atoms with van der Waals surface area (Å²) in [5, 5.41) is 6.21. The first kappa shape index (κ1) is 20.6. The molecule has 8 heteroatoms. The lowest BCUT2D eigenvalue weighted by Gasteiger charge is -2.35. The molecule has 2 N–H and O–H groups in total. The number of aromatic nitrogens is 3. The molecule has 8 nitrogen and oxygen atoms in total. The van der Waals surface area contributed by atoms with E-state index in [-0.39, 0.29) is 6.03 Å². The van der Waals surface area contributed by atoms with Crippen LogP contribution in [0.3, 0.4) is 0 Å². The highest BCUT2D eigenvalue weighted by molar-refractivity contribution is 5.89. The summed E-state index contributed by atoms with van der Waals surface area (Å²) in [4.78, 5) is 30.0. The highest BCUT2D eigenvalue weighted by Crippen LogP contribution is 2.20. The van der Waals surface area contributed by atoms with Crippen molar-refractivity contribution in [1.82, 2.24) is 19.9 Å². The lowest BCUT2D eigenvalue weighted by atomic mass is 10.1. The van der Waals surface area contributed by atoms with Crippen LogP contribution in [0.5, 0.6) is 0 Å². The topological polar surface area (TPSA) is 86.3 Å². The van der Waals surface area contributed by atoms with E-state index in [1.165, 1.54) is 5.56 Å². The van der Waals surface area contributed by atoms with Gasteiger partial charge in [0, 0.05) is 44.1 Å². The van der Waals surface area contributed by atoms with E-state index in [1.807, 2.05) is 60.4 Å². The molecule has 2 aromatic heterocycles. The molecular weight excluding hydrogens is 390 g/mol. The number of hydrogen-bond donors (Lipinski definition) is 2. The number of urea groups is 1. The Hall–Kier alpha value is -3.68. The minimum Gasteiger partial charge on any atom is -0.353 e. The third-order valence-electron chi connectivity index (χ3n) is 5.25. The minimum absolute atomic E-state index is 0.0692. The third kappa shape index (κ3) is 5.28. The zero-order chi connectivity index (χ0) is 21.6. The molecule has 0 atom stereocenters. The molecule has 0 radical (unpaired) electrons. The smallest absolute Gasteiger partial charge is 0.321 e. The van der Waals surface area contributed by atoms with E-state index in [2.05, 4.69) is 37.4 Å². The molecular formula is C23H27N7O. The number of carbonyl (C=O) groups excluding carboxylic acids is 1. The highest BCUT2D eigenvalue weighted by Gasteiger charge is 2.22. The second-order valence-corrected chi connectivity index (χ2v) is 7.45. The van der Waals surface area contributed by atoms with E-state index in [0.29, 0.717) is 37.8 Å². The molecule has 3 heterocycles. The monoisotopic (exact) mass is 417 g/mol. The molecule has 160 valence electrons. The standard InChI is InChI=1S/C23H27N7O/c1-3-18-7-9-19(10-8-18)27-23(31)30-14-12-29(13-15-30)22-16-21(25-17(2)26-22)28-20-6-4-5-11-24-20/h4-11,16H,3,12-15H2,1-2H3,(H,27,31)(H,24,25,26,28). The van der Waals surface area contributed by atoms with Crippen LogP contribution in [0, 0.1) is 6.92 Å². The molecule has 0 spiro atoms. The zero-order valence-corrected chi connectivity index (χ0v) is 17.9. The number of nitrogens with zero attached hydrogens (tertiary/aromatic N) is 5. The Bertz CT molecular complexity index is 1020. The number of carbonyl (C=O) groups is 1. The van der Waals surface area contributed by atoms with Crippen molar-refractivity contribution in [3.05, 3.63) is 66.1 Å². The summed E-state index contributed by atoms with van der Waals surface area (Å²) >= 11 is 0. The van der Waals surface area contributed by atoms with E-state index in [1.54, 1.807) is 6.20 Å². The molecule has 2 amide bonds. The Morgan fingerprint density at radius 2 is 1.77 bits per heavy atom. The van der Waals surface area contributed by atoms with Crippen LogP contribution in [0.4, 0.5) is 27.9 Å². The number of benzene rings is 1. The maximum atomic E-state index is 12.6. The van der Waals surface area contributed by atoms with E-state index >= 15 is 0 Å². The SMILES string of the molecule is CCc1ccc(NC(=O)N2CCN(c3cc(Nc4ccccn4)nc(C)n3)CC2)cc1. The molecule has 0 saturated carbocycles. The first-order valence-corrected chi connectivity index (χ1v) is 10.5. The number of piperazine rings is 1. The van der Waals surface area contributed by atoms with Crippen molar-refractivity contribution in [2.75, 3.05) is 41.7 Å². The first-order chi connectivity index (χ1) is 15.1. The number of rotatable bonds is 5. The maximum Gasteiger partial charge on any atom is 0.321 e. The molecule has 1 saturated heterocycles. The van der Waals surface area contributed by atoms with Crippen LogP contribution >= 0.6 is 0 Å². The van der Waals surface area contributed by atoms with Crippen molar-refractivity contribution >= 4 is 29.2 Å². The fourth-order valence-electron chi connectivity index (χ4n) is 3.51. The van der Waals surface area contributed by atoms with Gasteiger partial charge in [0.15, 0.2) is 0 Å². The summed E-state index contributed by atoms with van der Waals surface area (Å²) in [6.45, 7) is 6.67. The van der Waals surface area contributed by atoms with E-state index in [4.69, 9.17) is 0 Å². The van der Waals surface area contributed by atoms with Crippen molar-refractivity contribution in [1.29, 1.82) is 0 Å². The lowest BCUT2D eigenvalue weighted by Crippen LogP contribution is -2.50. The second kappa shape index (κ2) is 9.42. The predicted molar refractivity (Wildman–Crippen MR) is 123 cm³/mol. The van der Waals surface area contributed by atoms with Crippen molar-refractivity contribution in [2.24, 2.45) is 0 Å².